The summed E-state index contributed by atoms with van der Waals surface area (Å²) in [6.45, 7) is 6.36. The molecular formula is C14H20N2O. The second-order valence-electron chi connectivity index (χ2n) is 5.72. The molecule has 0 saturated heterocycles. The summed E-state index contributed by atoms with van der Waals surface area (Å²) < 4.78 is 0. The molecular weight excluding hydrogens is 212 g/mol. The molecule has 0 heterocycles. The van der Waals surface area contributed by atoms with E-state index < -0.39 is 0 Å². The van der Waals surface area contributed by atoms with Crippen LogP contribution >= 0.6 is 0 Å². The van der Waals surface area contributed by atoms with Gasteiger partial charge in [0.05, 0.1) is 0 Å². The maximum atomic E-state index is 11.6. The lowest BCUT2D eigenvalue weighted by Crippen LogP contribution is -2.25. The van der Waals surface area contributed by atoms with Crippen molar-refractivity contribution in [3.63, 3.8) is 0 Å². The van der Waals surface area contributed by atoms with E-state index in [0.717, 1.165) is 24.2 Å². The lowest BCUT2D eigenvalue weighted by Gasteiger charge is -2.22. The lowest BCUT2D eigenvalue weighted by molar-refractivity contribution is -0.117. The molecule has 3 heteroatoms. The first-order valence-corrected chi connectivity index (χ1v) is 6.13. The molecule has 0 spiro atoms. The molecule has 0 aromatic heterocycles. The van der Waals surface area contributed by atoms with Crippen molar-refractivity contribution in [2.45, 2.75) is 39.2 Å². The number of anilines is 2. The van der Waals surface area contributed by atoms with E-state index in [9.17, 15) is 4.79 Å². The molecule has 1 aliphatic carbocycles. The van der Waals surface area contributed by atoms with E-state index in [4.69, 9.17) is 0 Å². The minimum Gasteiger partial charge on any atom is -0.380 e. The average Bonchev–Trinajstić information content (AvgIpc) is 3.02. The van der Waals surface area contributed by atoms with Gasteiger partial charge in [-0.1, -0.05) is 0 Å². The highest BCUT2D eigenvalue weighted by Gasteiger charge is 2.29. The number of carbonyl (C=O) groups excluding carboxylic acids is 1. The predicted octanol–water partition coefficient (Wildman–Crippen LogP) is 3.25. The zero-order chi connectivity index (χ0) is 12.5. The average molecular weight is 232 g/mol. The van der Waals surface area contributed by atoms with Crippen LogP contribution in [-0.4, -0.2) is 11.4 Å². The lowest BCUT2D eigenvalue weighted by atomic mass is 10.1. The van der Waals surface area contributed by atoms with Crippen molar-refractivity contribution < 1.29 is 4.79 Å². The standard InChI is InChI=1S/C14H20N2O/c1-14(2,3)16-12-8-6-11(7-9-12)15-13(17)10-4-5-10/h6-10,16H,4-5H2,1-3H3,(H,15,17). The first-order chi connectivity index (χ1) is 7.94. The number of hydrogen-bond donors (Lipinski definition) is 2. The zero-order valence-electron chi connectivity index (χ0n) is 10.7. The van der Waals surface area contributed by atoms with Gasteiger partial charge in [0.1, 0.15) is 0 Å². The largest absolute Gasteiger partial charge is 0.380 e. The molecule has 1 aromatic carbocycles. The van der Waals surface area contributed by atoms with Crippen molar-refractivity contribution in [2.75, 3.05) is 10.6 Å². The second kappa shape index (κ2) is 4.40. The molecule has 1 fully saturated rings. The van der Waals surface area contributed by atoms with Gasteiger partial charge in [-0.15, -0.1) is 0 Å². The minimum absolute atomic E-state index is 0.0543. The Bertz CT molecular complexity index is 399. The highest BCUT2D eigenvalue weighted by atomic mass is 16.2. The van der Waals surface area contributed by atoms with Crippen LogP contribution in [0.2, 0.25) is 0 Å². The molecule has 2 N–H and O–H groups in total. The third-order valence-corrected chi connectivity index (χ3v) is 2.62. The van der Waals surface area contributed by atoms with Crippen molar-refractivity contribution >= 4 is 17.3 Å². The van der Waals surface area contributed by atoms with Crippen LogP contribution in [0.5, 0.6) is 0 Å². The fourth-order valence-electron chi connectivity index (χ4n) is 1.66. The van der Waals surface area contributed by atoms with Gasteiger partial charge in [0.25, 0.3) is 0 Å². The predicted molar refractivity (Wildman–Crippen MR) is 71.2 cm³/mol. The van der Waals surface area contributed by atoms with Gasteiger partial charge < -0.3 is 10.6 Å². The molecule has 0 bridgehead atoms. The Kier molecular flexibility index (Phi) is 3.09. The van der Waals surface area contributed by atoms with Crippen LogP contribution in [0.25, 0.3) is 0 Å². The molecule has 1 saturated carbocycles. The Morgan fingerprint density at radius 1 is 1.12 bits per heavy atom. The molecule has 1 aliphatic rings. The highest BCUT2D eigenvalue weighted by Crippen LogP contribution is 2.30. The van der Waals surface area contributed by atoms with Gasteiger partial charge in [-0.05, 0) is 57.9 Å². The Morgan fingerprint density at radius 2 is 1.65 bits per heavy atom. The first-order valence-electron chi connectivity index (χ1n) is 6.13. The number of carbonyl (C=O) groups is 1. The summed E-state index contributed by atoms with van der Waals surface area (Å²) in [5, 5.41) is 6.31. The van der Waals surface area contributed by atoms with Crippen molar-refractivity contribution in [3.8, 4) is 0 Å². The van der Waals surface area contributed by atoms with E-state index in [-0.39, 0.29) is 17.4 Å². The van der Waals surface area contributed by atoms with E-state index in [2.05, 4.69) is 31.4 Å². The maximum Gasteiger partial charge on any atom is 0.227 e. The molecule has 1 aromatic rings. The van der Waals surface area contributed by atoms with Crippen LogP contribution in [0.1, 0.15) is 33.6 Å². The summed E-state index contributed by atoms with van der Waals surface area (Å²) in [4.78, 5) is 11.6. The molecule has 0 unspecified atom stereocenters. The fraction of sp³-hybridized carbons (Fsp3) is 0.500. The van der Waals surface area contributed by atoms with E-state index >= 15 is 0 Å². The summed E-state index contributed by atoms with van der Waals surface area (Å²) in [5.41, 5.74) is 2.00. The van der Waals surface area contributed by atoms with Gasteiger partial charge in [-0.25, -0.2) is 0 Å². The van der Waals surface area contributed by atoms with E-state index in [0.29, 0.717) is 0 Å². The highest BCUT2D eigenvalue weighted by molar-refractivity contribution is 5.94. The summed E-state index contributed by atoms with van der Waals surface area (Å²) in [5.74, 6) is 0.406. The number of nitrogens with one attached hydrogen (secondary N) is 2. The van der Waals surface area contributed by atoms with Gasteiger partial charge in [0.2, 0.25) is 5.91 Å². The third kappa shape index (κ3) is 3.77. The van der Waals surface area contributed by atoms with E-state index in [1.165, 1.54) is 0 Å². The summed E-state index contributed by atoms with van der Waals surface area (Å²) >= 11 is 0. The van der Waals surface area contributed by atoms with Gasteiger partial charge in [-0.2, -0.15) is 0 Å². The number of rotatable bonds is 3. The van der Waals surface area contributed by atoms with Gasteiger partial charge >= 0.3 is 0 Å². The van der Waals surface area contributed by atoms with Gasteiger partial charge in [0, 0.05) is 22.8 Å². The molecule has 0 radical (unpaired) electrons. The Morgan fingerprint density at radius 3 is 2.12 bits per heavy atom. The van der Waals surface area contributed by atoms with Crippen LogP contribution in [-0.2, 0) is 4.79 Å². The Balaban J connectivity index is 1.95. The van der Waals surface area contributed by atoms with E-state index in [1.54, 1.807) is 0 Å². The Hall–Kier alpha value is -1.51. The van der Waals surface area contributed by atoms with E-state index in [1.807, 2.05) is 24.3 Å². The first kappa shape index (κ1) is 12.0. The second-order valence-corrected chi connectivity index (χ2v) is 5.72. The SMILES string of the molecule is CC(C)(C)Nc1ccc(NC(=O)C2CC2)cc1. The molecule has 0 aliphatic heterocycles. The maximum absolute atomic E-state index is 11.6. The molecule has 2 rings (SSSR count). The quantitative estimate of drug-likeness (QED) is 0.840. The molecule has 1 amide bonds. The monoisotopic (exact) mass is 232 g/mol. The number of hydrogen-bond acceptors (Lipinski definition) is 2. The third-order valence-electron chi connectivity index (χ3n) is 2.62. The zero-order valence-corrected chi connectivity index (χ0v) is 10.7. The molecule has 92 valence electrons. The molecule has 0 atom stereocenters. The van der Waals surface area contributed by atoms with Crippen LogP contribution in [0.15, 0.2) is 24.3 Å². The van der Waals surface area contributed by atoms with Crippen molar-refractivity contribution in [2.24, 2.45) is 5.92 Å². The van der Waals surface area contributed by atoms with Crippen LogP contribution in [0, 0.1) is 5.92 Å². The summed E-state index contributed by atoms with van der Waals surface area (Å²) in [6, 6.07) is 7.87. The molecule has 3 nitrogen and oxygen atoms in total. The molecule has 17 heavy (non-hydrogen) atoms. The van der Waals surface area contributed by atoms with Crippen molar-refractivity contribution in [1.82, 2.24) is 0 Å². The van der Waals surface area contributed by atoms with Gasteiger partial charge in [0.15, 0.2) is 0 Å². The minimum atomic E-state index is 0.0543. The van der Waals surface area contributed by atoms with Gasteiger partial charge in [-0.3, -0.25) is 4.79 Å². The van der Waals surface area contributed by atoms with Crippen LogP contribution in [0.4, 0.5) is 11.4 Å². The smallest absolute Gasteiger partial charge is 0.227 e. The summed E-state index contributed by atoms with van der Waals surface area (Å²) in [7, 11) is 0. The fourth-order valence-corrected chi connectivity index (χ4v) is 1.66. The topological polar surface area (TPSA) is 41.1 Å². The summed E-state index contributed by atoms with van der Waals surface area (Å²) in [6.07, 6.45) is 2.07. The normalized spacial score (nSPS) is 15.5. The van der Waals surface area contributed by atoms with Crippen molar-refractivity contribution in [1.29, 1.82) is 0 Å². The van der Waals surface area contributed by atoms with Crippen LogP contribution < -0.4 is 10.6 Å². The number of amides is 1. The number of benzene rings is 1. The van der Waals surface area contributed by atoms with Crippen LogP contribution in [0.3, 0.4) is 0 Å². The Labute approximate surface area is 103 Å². The van der Waals surface area contributed by atoms with Crippen molar-refractivity contribution in [3.05, 3.63) is 24.3 Å².